The van der Waals surface area contributed by atoms with Crippen molar-refractivity contribution in [3.63, 3.8) is 0 Å². The van der Waals surface area contributed by atoms with Crippen molar-refractivity contribution < 1.29 is 37.7 Å². The van der Waals surface area contributed by atoms with Crippen LogP contribution in [0.3, 0.4) is 0 Å². The number of benzene rings is 3. The molecule has 2 unspecified atom stereocenters. The molecule has 0 spiro atoms. The average Bonchev–Trinajstić information content (AvgIpc) is 2.84. The molecule has 4 rings (SSSR count). The van der Waals surface area contributed by atoms with Crippen molar-refractivity contribution >= 4 is 17.6 Å². The summed E-state index contributed by atoms with van der Waals surface area (Å²) in [6, 6.07) is 16.3. The lowest BCUT2D eigenvalue weighted by Crippen LogP contribution is -2.48. The van der Waals surface area contributed by atoms with Crippen molar-refractivity contribution in [3.8, 4) is 16.9 Å². The number of aromatic carboxylic acids is 1. The van der Waals surface area contributed by atoms with Crippen LogP contribution in [-0.2, 0) is 10.4 Å². The standard InChI is InChI=1S/C26H22F3NO5/c1-15(19-13-17(24(32)33)11-12-18(19)16-7-4-3-5-8-16)25(34,26(27,28)29)20-9-6-10-21-23(20)35-14-22(31)30(21)2/h3-13,15,34H,14H2,1-2H3,(H,32,33). The van der Waals surface area contributed by atoms with Gasteiger partial charge in [-0.25, -0.2) is 4.79 Å². The quantitative estimate of drug-likeness (QED) is 0.534. The minimum Gasteiger partial charge on any atom is -0.481 e. The fraction of sp³-hybridized carbons (Fsp3) is 0.231. The van der Waals surface area contributed by atoms with Crippen LogP contribution in [-0.4, -0.2) is 41.9 Å². The summed E-state index contributed by atoms with van der Waals surface area (Å²) >= 11 is 0. The molecule has 0 fully saturated rings. The lowest BCUT2D eigenvalue weighted by molar-refractivity contribution is -0.275. The summed E-state index contributed by atoms with van der Waals surface area (Å²) in [5, 5.41) is 21.0. The number of fused-ring (bicyclic) bond motifs is 1. The van der Waals surface area contributed by atoms with Gasteiger partial charge in [0.25, 0.3) is 5.91 Å². The van der Waals surface area contributed by atoms with E-state index in [1.807, 2.05) is 0 Å². The number of carbonyl (C=O) groups excluding carboxylic acids is 1. The first-order valence-corrected chi connectivity index (χ1v) is 10.7. The number of likely N-dealkylation sites (N-methyl/N-ethyl adjacent to an activating group) is 1. The summed E-state index contributed by atoms with van der Waals surface area (Å²) in [6.07, 6.45) is -5.18. The summed E-state index contributed by atoms with van der Waals surface area (Å²) in [4.78, 5) is 24.9. The van der Waals surface area contributed by atoms with Gasteiger partial charge in [-0.15, -0.1) is 0 Å². The zero-order valence-electron chi connectivity index (χ0n) is 18.8. The Kier molecular flexibility index (Phi) is 6.06. The zero-order chi connectivity index (χ0) is 25.5. The van der Waals surface area contributed by atoms with E-state index >= 15 is 0 Å². The minimum absolute atomic E-state index is 0.00577. The maximum Gasteiger partial charge on any atom is 0.422 e. The van der Waals surface area contributed by atoms with Crippen LogP contribution >= 0.6 is 0 Å². The van der Waals surface area contributed by atoms with Crippen LogP contribution < -0.4 is 9.64 Å². The van der Waals surface area contributed by atoms with Gasteiger partial charge in [-0.3, -0.25) is 4.79 Å². The molecular formula is C26H22F3NO5. The number of hydrogen-bond donors (Lipinski definition) is 2. The second-order valence-electron chi connectivity index (χ2n) is 8.35. The molecule has 182 valence electrons. The number of rotatable bonds is 5. The molecule has 0 aromatic heterocycles. The van der Waals surface area contributed by atoms with Crippen molar-refractivity contribution in [3.05, 3.63) is 83.4 Å². The Labute approximate surface area is 199 Å². The third-order valence-corrected chi connectivity index (χ3v) is 6.39. The second-order valence-corrected chi connectivity index (χ2v) is 8.35. The Balaban J connectivity index is 1.98. The van der Waals surface area contributed by atoms with Gasteiger partial charge in [0.2, 0.25) is 0 Å². The minimum atomic E-state index is -5.18. The number of alkyl halides is 3. The second kappa shape index (κ2) is 8.74. The van der Waals surface area contributed by atoms with E-state index in [-0.39, 0.29) is 22.6 Å². The van der Waals surface area contributed by atoms with E-state index in [2.05, 4.69) is 0 Å². The number of ether oxygens (including phenoxy) is 1. The summed E-state index contributed by atoms with van der Waals surface area (Å²) in [5.41, 5.74) is -3.25. The van der Waals surface area contributed by atoms with Crippen LogP contribution in [0.2, 0.25) is 0 Å². The molecule has 0 bridgehead atoms. The van der Waals surface area contributed by atoms with E-state index in [0.29, 0.717) is 11.1 Å². The molecule has 3 aromatic carbocycles. The number of para-hydroxylation sites is 1. The molecule has 0 saturated heterocycles. The monoisotopic (exact) mass is 485 g/mol. The van der Waals surface area contributed by atoms with Crippen LogP contribution in [0.15, 0.2) is 66.7 Å². The largest absolute Gasteiger partial charge is 0.481 e. The van der Waals surface area contributed by atoms with Gasteiger partial charge in [0.1, 0.15) is 5.75 Å². The van der Waals surface area contributed by atoms with Crippen LogP contribution in [0.1, 0.15) is 34.3 Å². The average molecular weight is 485 g/mol. The molecule has 35 heavy (non-hydrogen) atoms. The highest BCUT2D eigenvalue weighted by molar-refractivity contribution is 5.97. The summed E-state index contributed by atoms with van der Waals surface area (Å²) < 4.78 is 49.7. The van der Waals surface area contributed by atoms with Crippen molar-refractivity contribution in [1.29, 1.82) is 0 Å². The highest BCUT2D eigenvalue weighted by atomic mass is 19.4. The Morgan fingerprint density at radius 1 is 1.06 bits per heavy atom. The first kappa shape index (κ1) is 24.3. The number of halogens is 3. The zero-order valence-corrected chi connectivity index (χ0v) is 18.8. The first-order valence-electron chi connectivity index (χ1n) is 10.7. The third-order valence-electron chi connectivity index (χ3n) is 6.39. The van der Waals surface area contributed by atoms with Crippen LogP contribution in [0.5, 0.6) is 5.75 Å². The fourth-order valence-corrected chi connectivity index (χ4v) is 4.40. The van der Waals surface area contributed by atoms with Gasteiger partial charge < -0.3 is 19.8 Å². The van der Waals surface area contributed by atoms with E-state index in [4.69, 9.17) is 4.74 Å². The molecule has 2 N–H and O–H groups in total. The van der Waals surface area contributed by atoms with Crippen LogP contribution in [0.4, 0.5) is 18.9 Å². The van der Waals surface area contributed by atoms with E-state index in [1.54, 1.807) is 30.3 Å². The third kappa shape index (κ3) is 4.01. The van der Waals surface area contributed by atoms with Gasteiger partial charge in [-0.05, 0) is 34.9 Å². The molecule has 3 aromatic rings. The molecule has 9 heteroatoms. The maximum absolute atomic E-state index is 14.8. The number of amides is 1. The van der Waals surface area contributed by atoms with E-state index < -0.39 is 41.7 Å². The van der Waals surface area contributed by atoms with Gasteiger partial charge in [0, 0.05) is 18.5 Å². The molecule has 6 nitrogen and oxygen atoms in total. The molecule has 0 radical (unpaired) electrons. The number of aliphatic hydroxyl groups is 1. The molecule has 0 saturated carbocycles. The molecule has 1 aliphatic rings. The van der Waals surface area contributed by atoms with Crippen molar-refractivity contribution in [2.24, 2.45) is 0 Å². The predicted molar refractivity (Wildman–Crippen MR) is 123 cm³/mol. The van der Waals surface area contributed by atoms with Crippen molar-refractivity contribution in [2.45, 2.75) is 24.6 Å². The van der Waals surface area contributed by atoms with E-state index in [0.717, 1.165) is 12.1 Å². The Hall–Kier alpha value is -3.85. The van der Waals surface area contributed by atoms with Crippen molar-refractivity contribution in [1.82, 2.24) is 0 Å². The maximum atomic E-state index is 14.8. The SMILES string of the molecule is CC(c1cc(C(=O)O)ccc1-c1ccccc1)C(O)(c1cccc2c1OCC(=O)N2C)C(F)(F)F. The number of anilines is 1. The van der Waals surface area contributed by atoms with Gasteiger partial charge in [0.05, 0.1) is 11.3 Å². The summed E-state index contributed by atoms with van der Waals surface area (Å²) in [7, 11) is 1.41. The summed E-state index contributed by atoms with van der Waals surface area (Å²) in [6.45, 7) is 0.713. The highest BCUT2D eigenvalue weighted by Crippen LogP contribution is 2.54. The number of carboxylic acid groups (broad SMARTS) is 1. The number of hydrogen-bond acceptors (Lipinski definition) is 4. The first-order chi connectivity index (χ1) is 16.5. The molecule has 1 amide bonds. The van der Waals surface area contributed by atoms with Gasteiger partial charge in [-0.2, -0.15) is 13.2 Å². The van der Waals surface area contributed by atoms with Crippen LogP contribution in [0, 0.1) is 0 Å². The topological polar surface area (TPSA) is 87.1 Å². The molecule has 0 aliphatic carbocycles. The Morgan fingerprint density at radius 2 is 1.74 bits per heavy atom. The van der Waals surface area contributed by atoms with Gasteiger partial charge >= 0.3 is 12.1 Å². The smallest absolute Gasteiger partial charge is 0.422 e. The van der Waals surface area contributed by atoms with Crippen LogP contribution in [0.25, 0.3) is 11.1 Å². The molecular weight excluding hydrogens is 463 g/mol. The van der Waals surface area contributed by atoms with E-state index in [9.17, 15) is 33.0 Å². The van der Waals surface area contributed by atoms with Gasteiger partial charge in [-0.1, -0.05) is 55.5 Å². The molecule has 1 heterocycles. The highest BCUT2D eigenvalue weighted by Gasteiger charge is 2.60. The predicted octanol–water partition coefficient (Wildman–Crippen LogP) is 4.96. The lowest BCUT2D eigenvalue weighted by Gasteiger charge is -2.39. The number of carboxylic acids is 1. The Morgan fingerprint density at radius 3 is 2.37 bits per heavy atom. The van der Waals surface area contributed by atoms with E-state index in [1.165, 1.54) is 43.1 Å². The summed E-state index contributed by atoms with van der Waals surface area (Å²) in [5.74, 6) is -3.67. The van der Waals surface area contributed by atoms with Gasteiger partial charge in [0.15, 0.2) is 12.2 Å². The number of carbonyl (C=O) groups is 2. The lowest BCUT2D eigenvalue weighted by atomic mass is 9.74. The normalized spacial score (nSPS) is 16.2. The fourth-order valence-electron chi connectivity index (χ4n) is 4.40. The Bertz CT molecular complexity index is 1290. The number of nitrogens with zero attached hydrogens (tertiary/aromatic N) is 1. The van der Waals surface area contributed by atoms with Crippen molar-refractivity contribution in [2.75, 3.05) is 18.6 Å². The molecule has 1 aliphatic heterocycles. The molecule has 2 atom stereocenters.